The number of aliphatic hydroxyl groups is 1. The van der Waals surface area contributed by atoms with Gasteiger partial charge < -0.3 is 15.7 Å². The summed E-state index contributed by atoms with van der Waals surface area (Å²) in [5, 5.41) is 17.8. The van der Waals surface area contributed by atoms with Crippen molar-refractivity contribution in [1.29, 1.82) is 0 Å². The van der Waals surface area contributed by atoms with Crippen LogP contribution in [0.2, 0.25) is 4.34 Å². The number of nitrogens with zero attached hydrogens (tertiary/aromatic N) is 2. The molecule has 2 heterocycles. The maximum absolute atomic E-state index is 10.2. The van der Waals surface area contributed by atoms with Gasteiger partial charge in [-0.15, -0.1) is 46.7 Å². The van der Waals surface area contributed by atoms with Crippen molar-refractivity contribution in [3.05, 3.63) is 36.9 Å². The van der Waals surface area contributed by atoms with E-state index in [1.165, 1.54) is 16.2 Å². The van der Waals surface area contributed by atoms with Gasteiger partial charge in [0.15, 0.2) is 5.96 Å². The van der Waals surface area contributed by atoms with E-state index in [-0.39, 0.29) is 24.0 Å². The van der Waals surface area contributed by atoms with E-state index < -0.39 is 6.10 Å². The van der Waals surface area contributed by atoms with E-state index in [2.05, 4.69) is 27.5 Å². The minimum Gasteiger partial charge on any atom is -0.386 e. The SMILES string of the molecule is CCNC(=NCC(O)c1ccc(Cl)s1)NCCc1nc(C)c(C)s1.I. The molecule has 140 valence electrons. The molecule has 1 atom stereocenters. The maximum Gasteiger partial charge on any atom is 0.191 e. The first-order valence-corrected chi connectivity index (χ1v) is 9.89. The van der Waals surface area contributed by atoms with Crippen LogP contribution in [0.4, 0.5) is 0 Å². The van der Waals surface area contributed by atoms with Crippen molar-refractivity contribution < 1.29 is 5.11 Å². The molecule has 0 aliphatic carbocycles. The number of aryl methyl sites for hydroxylation is 2. The molecule has 0 spiro atoms. The van der Waals surface area contributed by atoms with Gasteiger partial charge in [0.2, 0.25) is 0 Å². The number of hydrogen-bond donors (Lipinski definition) is 3. The smallest absolute Gasteiger partial charge is 0.191 e. The van der Waals surface area contributed by atoms with Gasteiger partial charge in [-0.05, 0) is 32.9 Å². The Labute approximate surface area is 179 Å². The molecule has 0 fully saturated rings. The number of nitrogens with one attached hydrogen (secondary N) is 2. The van der Waals surface area contributed by atoms with Crippen LogP contribution in [-0.2, 0) is 6.42 Å². The first-order chi connectivity index (χ1) is 11.5. The number of rotatable bonds is 7. The minimum absolute atomic E-state index is 0. The highest BCUT2D eigenvalue weighted by molar-refractivity contribution is 14.0. The Kier molecular flexibility index (Phi) is 10.2. The summed E-state index contributed by atoms with van der Waals surface area (Å²) in [6, 6.07) is 3.62. The predicted octanol–water partition coefficient (Wildman–Crippen LogP) is 3.92. The molecule has 2 rings (SSSR count). The summed E-state index contributed by atoms with van der Waals surface area (Å²) in [6.45, 7) is 7.95. The van der Waals surface area contributed by atoms with Crippen LogP contribution in [0.15, 0.2) is 17.1 Å². The fourth-order valence-electron chi connectivity index (χ4n) is 2.05. The van der Waals surface area contributed by atoms with Crippen LogP contribution in [0.5, 0.6) is 0 Å². The van der Waals surface area contributed by atoms with E-state index in [1.807, 2.05) is 19.9 Å². The number of thiazole rings is 1. The Morgan fingerprint density at radius 1 is 1.32 bits per heavy atom. The Balaban J connectivity index is 0.00000312. The third-order valence-electron chi connectivity index (χ3n) is 3.39. The van der Waals surface area contributed by atoms with Crippen LogP contribution < -0.4 is 10.6 Å². The lowest BCUT2D eigenvalue weighted by atomic mass is 10.3. The summed E-state index contributed by atoms with van der Waals surface area (Å²) in [5.41, 5.74) is 1.10. The van der Waals surface area contributed by atoms with Crippen molar-refractivity contribution in [2.24, 2.45) is 4.99 Å². The summed E-state index contributed by atoms with van der Waals surface area (Å²) in [4.78, 5) is 11.1. The Bertz CT molecular complexity index is 670. The van der Waals surface area contributed by atoms with Gasteiger partial charge >= 0.3 is 0 Å². The van der Waals surface area contributed by atoms with Gasteiger partial charge in [-0.3, -0.25) is 4.99 Å². The van der Waals surface area contributed by atoms with E-state index >= 15 is 0 Å². The molecule has 0 aliphatic rings. The zero-order valence-electron chi connectivity index (χ0n) is 14.5. The summed E-state index contributed by atoms with van der Waals surface area (Å²) in [7, 11) is 0. The largest absolute Gasteiger partial charge is 0.386 e. The highest BCUT2D eigenvalue weighted by Gasteiger charge is 2.10. The third kappa shape index (κ3) is 7.38. The summed E-state index contributed by atoms with van der Waals surface area (Å²) in [6.07, 6.45) is 0.217. The van der Waals surface area contributed by atoms with Gasteiger partial charge in [-0.25, -0.2) is 4.98 Å². The first kappa shape index (κ1) is 22.6. The van der Waals surface area contributed by atoms with Crippen molar-refractivity contribution in [3.63, 3.8) is 0 Å². The van der Waals surface area contributed by atoms with Gasteiger partial charge in [-0.2, -0.15) is 0 Å². The van der Waals surface area contributed by atoms with Gasteiger partial charge in [0.05, 0.1) is 21.6 Å². The van der Waals surface area contributed by atoms with E-state index in [0.717, 1.165) is 35.1 Å². The molecule has 2 aromatic heterocycles. The zero-order valence-corrected chi connectivity index (χ0v) is 19.2. The Hall–Kier alpha value is -0.420. The highest BCUT2D eigenvalue weighted by atomic mass is 127. The molecule has 0 saturated carbocycles. The molecule has 0 bridgehead atoms. The normalized spacial score (nSPS) is 12.6. The molecule has 0 saturated heterocycles. The molecule has 2 aromatic rings. The molecular formula is C16H24ClIN4OS2. The van der Waals surface area contributed by atoms with E-state index in [4.69, 9.17) is 11.6 Å². The number of thiophene rings is 1. The number of guanidine groups is 1. The molecule has 5 nitrogen and oxygen atoms in total. The molecule has 0 aliphatic heterocycles. The standard InChI is InChI=1S/C16H23ClN4OS2.HI/c1-4-18-16(19-8-7-15-21-10(2)11(3)23-15)20-9-12(22)13-5-6-14(17)24-13;/h5-6,12,22H,4,7-9H2,1-3H3,(H2,18,19,20);1H. The highest BCUT2D eigenvalue weighted by Crippen LogP contribution is 2.26. The van der Waals surface area contributed by atoms with E-state index in [0.29, 0.717) is 16.8 Å². The van der Waals surface area contributed by atoms with Crippen molar-refractivity contribution in [1.82, 2.24) is 15.6 Å². The number of aliphatic hydroxyl groups excluding tert-OH is 1. The van der Waals surface area contributed by atoms with Crippen LogP contribution in [0.1, 0.15) is 33.5 Å². The third-order valence-corrected chi connectivity index (χ3v) is 5.86. The lowest BCUT2D eigenvalue weighted by molar-refractivity contribution is 0.191. The van der Waals surface area contributed by atoms with Crippen molar-refractivity contribution in [2.45, 2.75) is 33.3 Å². The lowest BCUT2D eigenvalue weighted by Gasteiger charge is -2.12. The summed E-state index contributed by atoms with van der Waals surface area (Å²) < 4.78 is 0.673. The quantitative estimate of drug-likeness (QED) is 0.298. The van der Waals surface area contributed by atoms with Crippen LogP contribution in [0.25, 0.3) is 0 Å². The van der Waals surface area contributed by atoms with Crippen LogP contribution in [0, 0.1) is 13.8 Å². The van der Waals surface area contributed by atoms with Gasteiger partial charge in [0.1, 0.15) is 6.10 Å². The van der Waals surface area contributed by atoms with Crippen LogP contribution in [-0.4, -0.2) is 35.7 Å². The number of halogens is 2. The van der Waals surface area contributed by atoms with Gasteiger partial charge in [0, 0.05) is 29.3 Å². The van der Waals surface area contributed by atoms with Crippen molar-refractivity contribution in [3.8, 4) is 0 Å². The average molecular weight is 515 g/mol. The molecule has 1 unspecified atom stereocenters. The van der Waals surface area contributed by atoms with Crippen molar-refractivity contribution in [2.75, 3.05) is 19.6 Å². The van der Waals surface area contributed by atoms with E-state index in [9.17, 15) is 5.11 Å². The Morgan fingerprint density at radius 3 is 2.64 bits per heavy atom. The van der Waals surface area contributed by atoms with Crippen LogP contribution >= 0.6 is 58.3 Å². The fraction of sp³-hybridized carbons (Fsp3) is 0.500. The number of aromatic nitrogens is 1. The van der Waals surface area contributed by atoms with Gasteiger partial charge in [-0.1, -0.05) is 11.6 Å². The van der Waals surface area contributed by atoms with Crippen molar-refractivity contribution >= 4 is 64.2 Å². The lowest BCUT2D eigenvalue weighted by Crippen LogP contribution is -2.38. The maximum atomic E-state index is 10.2. The Morgan fingerprint density at radius 2 is 2.08 bits per heavy atom. The topological polar surface area (TPSA) is 69.5 Å². The number of hydrogen-bond acceptors (Lipinski definition) is 5. The summed E-state index contributed by atoms with van der Waals surface area (Å²) >= 11 is 9.01. The molecule has 25 heavy (non-hydrogen) atoms. The monoisotopic (exact) mass is 514 g/mol. The molecule has 0 amide bonds. The molecular weight excluding hydrogens is 491 g/mol. The predicted molar refractivity (Wildman–Crippen MR) is 119 cm³/mol. The van der Waals surface area contributed by atoms with Crippen LogP contribution in [0.3, 0.4) is 0 Å². The molecule has 9 heteroatoms. The fourth-order valence-corrected chi connectivity index (χ4v) is 4.02. The molecule has 0 radical (unpaired) electrons. The van der Waals surface area contributed by atoms with E-state index in [1.54, 1.807) is 17.4 Å². The minimum atomic E-state index is -0.637. The second-order valence-corrected chi connectivity index (χ2v) is 8.34. The van der Waals surface area contributed by atoms with Gasteiger partial charge in [0.25, 0.3) is 0 Å². The zero-order chi connectivity index (χ0) is 17.5. The summed E-state index contributed by atoms with van der Waals surface area (Å²) in [5.74, 6) is 0.698. The first-order valence-electron chi connectivity index (χ1n) is 7.88. The second-order valence-electron chi connectivity index (χ2n) is 5.30. The molecule has 0 aromatic carbocycles. The molecule has 3 N–H and O–H groups in total. The number of aliphatic imine (C=N–C) groups is 1. The average Bonchev–Trinajstić information content (AvgIpc) is 3.11. The second kappa shape index (κ2) is 11.3.